The number of sulfone groups is 1. The van der Waals surface area contributed by atoms with Gasteiger partial charge in [0.15, 0.2) is 9.84 Å². The summed E-state index contributed by atoms with van der Waals surface area (Å²) in [7, 11) is -3.07. The Balaban J connectivity index is 1.95. The fraction of sp³-hybridized carbons (Fsp3) is 0.667. The van der Waals surface area contributed by atoms with E-state index >= 15 is 0 Å². The first kappa shape index (κ1) is 16.2. The number of pyridine rings is 1. The standard InChI is InChI=1S/C15H24N2O3S/c1-11(2)21(18,19)9-8-20-15-7-4-12(3)17-14(15)10-16-13-5-6-13/h4,7,11,13,16H,5-6,8-10H2,1-3H3. The number of rotatable bonds is 8. The van der Waals surface area contributed by atoms with Crippen LogP contribution in [-0.2, 0) is 16.4 Å². The van der Waals surface area contributed by atoms with Crippen LogP contribution in [-0.4, -0.2) is 37.1 Å². The van der Waals surface area contributed by atoms with E-state index in [1.807, 2.05) is 19.1 Å². The molecule has 6 heteroatoms. The van der Waals surface area contributed by atoms with E-state index in [-0.39, 0.29) is 17.6 Å². The Morgan fingerprint density at radius 2 is 2.10 bits per heavy atom. The molecule has 0 aliphatic heterocycles. The molecule has 0 amide bonds. The summed E-state index contributed by atoms with van der Waals surface area (Å²) in [6.07, 6.45) is 2.43. The lowest BCUT2D eigenvalue weighted by Gasteiger charge is -2.13. The zero-order valence-corrected chi connectivity index (χ0v) is 13.7. The Bertz CT molecular complexity index is 581. The zero-order chi connectivity index (χ0) is 15.5. The normalized spacial score (nSPS) is 15.4. The van der Waals surface area contributed by atoms with Crippen molar-refractivity contribution in [1.29, 1.82) is 0 Å². The van der Waals surface area contributed by atoms with E-state index in [2.05, 4.69) is 10.3 Å². The maximum atomic E-state index is 11.8. The van der Waals surface area contributed by atoms with Gasteiger partial charge in [-0.1, -0.05) is 0 Å². The van der Waals surface area contributed by atoms with E-state index in [1.54, 1.807) is 13.8 Å². The molecule has 0 bridgehead atoms. The molecule has 2 rings (SSSR count). The minimum Gasteiger partial charge on any atom is -0.491 e. The van der Waals surface area contributed by atoms with E-state index in [0.29, 0.717) is 18.3 Å². The van der Waals surface area contributed by atoms with Gasteiger partial charge in [0.05, 0.1) is 16.7 Å². The second kappa shape index (κ2) is 6.75. The molecule has 1 aliphatic carbocycles. The Morgan fingerprint density at radius 3 is 2.71 bits per heavy atom. The van der Waals surface area contributed by atoms with Crippen LogP contribution in [0.1, 0.15) is 38.1 Å². The topological polar surface area (TPSA) is 68.3 Å². The minimum absolute atomic E-state index is 0.0358. The molecule has 1 saturated carbocycles. The number of aromatic nitrogens is 1. The van der Waals surface area contributed by atoms with E-state index in [1.165, 1.54) is 12.8 Å². The van der Waals surface area contributed by atoms with Crippen molar-refractivity contribution in [2.24, 2.45) is 0 Å². The van der Waals surface area contributed by atoms with Gasteiger partial charge in [0.25, 0.3) is 0 Å². The molecule has 118 valence electrons. The number of nitrogens with zero attached hydrogens (tertiary/aromatic N) is 1. The van der Waals surface area contributed by atoms with Crippen molar-refractivity contribution < 1.29 is 13.2 Å². The van der Waals surface area contributed by atoms with Gasteiger partial charge < -0.3 is 10.1 Å². The molecule has 0 spiro atoms. The quantitative estimate of drug-likeness (QED) is 0.793. The van der Waals surface area contributed by atoms with Crippen molar-refractivity contribution in [3.63, 3.8) is 0 Å². The van der Waals surface area contributed by atoms with E-state index in [4.69, 9.17) is 4.74 Å². The van der Waals surface area contributed by atoms with Crippen LogP contribution >= 0.6 is 0 Å². The first-order valence-electron chi connectivity index (χ1n) is 7.43. The second-order valence-corrected chi connectivity index (χ2v) is 8.49. The molecule has 0 saturated heterocycles. The number of ether oxygens (including phenoxy) is 1. The predicted octanol–water partition coefficient (Wildman–Crippen LogP) is 1.84. The highest BCUT2D eigenvalue weighted by molar-refractivity contribution is 7.91. The molecule has 0 aromatic carbocycles. The summed E-state index contributed by atoms with van der Waals surface area (Å²) < 4.78 is 29.2. The number of hydrogen-bond acceptors (Lipinski definition) is 5. The fourth-order valence-electron chi connectivity index (χ4n) is 1.89. The molecule has 1 fully saturated rings. The molecule has 21 heavy (non-hydrogen) atoms. The molecule has 1 N–H and O–H groups in total. The molecule has 1 aromatic heterocycles. The van der Waals surface area contributed by atoms with Crippen LogP contribution in [0, 0.1) is 6.92 Å². The van der Waals surface area contributed by atoms with Gasteiger partial charge in [0.1, 0.15) is 12.4 Å². The van der Waals surface area contributed by atoms with E-state index < -0.39 is 9.84 Å². The Hall–Kier alpha value is -1.14. The van der Waals surface area contributed by atoms with Crippen LogP contribution in [0.2, 0.25) is 0 Å². The third-order valence-electron chi connectivity index (χ3n) is 3.55. The monoisotopic (exact) mass is 312 g/mol. The van der Waals surface area contributed by atoms with Gasteiger partial charge in [-0.25, -0.2) is 8.42 Å². The maximum Gasteiger partial charge on any atom is 0.155 e. The summed E-state index contributed by atoms with van der Waals surface area (Å²) >= 11 is 0. The predicted molar refractivity (Wildman–Crippen MR) is 83.3 cm³/mol. The van der Waals surface area contributed by atoms with Gasteiger partial charge in [-0.15, -0.1) is 0 Å². The van der Waals surface area contributed by atoms with Crippen molar-refractivity contribution >= 4 is 9.84 Å². The average Bonchev–Trinajstić information content (AvgIpc) is 3.22. The highest BCUT2D eigenvalue weighted by Gasteiger charge is 2.21. The van der Waals surface area contributed by atoms with Crippen LogP contribution in [0.15, 0.2) is 12.1 Å². The lowest BCUT2D eigenvalue weighted by molar-refractivity contribution is 0.333. The average molecular weight is 312 g/mol. The summed E-state index contributed by atoms with van der Waals surface area (Å²) in [5, 5.41) is 3.04. The molecule has 1 heterocycles. The highest BCUT2D eigenvalue weighted by Crippen LogP contribution is 2.22. The molecule has 5 nitrogen and oxygen atoms in total. The largest absolute Gasteiger partial charge is 0.491 e. The number of nitrogens with one attached hydrogen (secondary N) is 1. The summed E-state index contributed by atoms with van der Waals surface area (Å²) in [5.74, 6) is 0.710. The van der Waals surface area contributed by atoms with Crippen LogP contribution < -0.4 is 10.1 Å². The molecule has 0 atom stereocenters. The Labute approximate surface area is 127 Å². The summed E-state index contributed by atoms with van der Waals surface area (Å²) in [6.45, 7) is 6.15. The van der Waals surface area contributed by atoms with Gasteiger partial charge in [-0.2, -0.15) is 0 Å². The van der Waals surface area contributed by atoms with Crippen molar-refractivity contribution in [2.45, 2.75) is 51.4 Å². The fourth-order valence-corrected chi connectivity index (χ4v) is 2.67. The van der Waals surface area contributed by atoms with Gasteiger partial charge in [-0.3, -0.25) is 4.98 Å². The molecule has 1 aliphatic rings. The number of hydrogen-bond donors (Lipinski definition) is 1. The van der Waals surface area contributed by atoms with Gasteiger partial charge >= 0.3 is 0 Å². The van der Waals surface area contributed by atoms with E-state index in [0.717, 1.165) is 11.4 Å². The van der Waals surface area contributed by atoms with Crippen molar-refractivity contribution in [1.82, 2.24) is 10.3 Å². The third kappa shape index (κ3) is 4.97. The lowest BCUT2D eigenvalue weighted by Crippen LogP contribution is -2.23. The minimum atomic E-state index is -3.07. The first-order valence-corrected chi connectivity index (χ1v) is 9.14. The van der Waals surface area contributed by atoms with Crippen molar-refractivity contribution in [2.75, 3.05) is 12.4 Å². The smallest absolute Gasteiger partial charge is 0.155 e. The lowest BCUT2D eigenvalue weighted by atomic mass is 10.3. The Kier molecular flexibility index (Phi) is 5.22. The zero-order valence-electron chi connectivity index (χ0n) is 12.9. The van der Waals surface area contributed by atoms with Crippen molar-refractivity contribution in [3.8, 4) is 5.75 Å². The molecule has 1 aromatic rings. The first-order chi connectivity index (χ1) is 9.88. The third-order valence-corrected chi connectivity index (χ3v) is 5.72. The molecule has 0 radical (unpaired) electrons. The summed E-state index contributed by atoms with van der Waals surface area (Å²) in [4.78, 5) is 4.49. The molecule has 0 unspecified atom stereocenters. The maximum absolute atomic E-state index is 11.8. The van der Waals surface area contributed by atoms with Gasteiger partial charge in [0, 0.05) is 18.3 Å². The number of aryl methyl sites for hydroxylation is 1. The summed E-state index contributed by atoms with van der Waals surface area (Å²) in [6, 6.07) is 4.35. The SMILES string of the molecule is Cc1ccc(OCCS(=O)(=O)C(C)C)c(CNC2CC2)n1. The molecular weight excluding hydrogens is 288 g/mol. The molecular formula is C15H24N2O3S. The second-order valence-electron chi connectivity index (χ2n) is 5.82. The van der Waals surface area contributed by atoms with Crippen LogP contribution in [0.3, 0.4) is 0 Å². The van der Waals surface area contributed by atoms with Crippen LogP contribution in [0.4, 0.5) is 0 Å². The summed E-state index contributed by atoms with van der Waals surface area (Å²) in [5.41, 5.74) is 1.79. The van der Waals surface area contributed by atoms with Crippen LogP contribution in [0.5, 0.6) is 5.75 Å². The van der Waals surface area contributed by atoms with Crippen LogP contribution in [0.25, 0.3) is 0 Å². The van der Waals surface area contributed by atoms with E-state index in [9.17, 15) is 8.42 Å². The highest BCUT2D eigenvalue weighted by atomic mass is 32.2. The van der Waals surface area contributed by atoms with Gasteiger partial charge in [0.2, 0.25) is 0 Å². The van der Waals surface area contributed by atoms with Crippen molar-refractivity contribution in [3.05, 3.63) is 23.5 Å². The van der Waals surface area contributed by atoms with Gasteiger partial charge in [-0.05, 0) is 45.7 Å². The Morgan fingerprint density at radius 1 is 1.38 bits per heavy atom.